The van der Waals surface area contributed by atoms with Gasteiger partial charge in [-0.15, -0.1) is 0 Å². The Morgan fingerprint density at radius 2 is 2.04 bits per heavy atom. The third kappa shape index (κ3) is 4.02. The Morgan fingerprint density at radius 3 is 2.86 bits per heavy atom. The topological polar surface area (TPSA) is 64.8 Å². The van der Waals surface area contributed by atoms with Crippen molar-refractivity contribution in [2.24, 2.45) is 0 Å². The molecule has 1 aliphatic rings. The summed E-state index contributed by atoms with van der Waals surface area (Å²) in [5.74, 6) is 0.778. The van der Waals surface area contributed by atoms with Crippen molar-refractivity contribution in [2.75, 3.05) is 20.3 Å². The number of hydrogen-bond donors (Lipinski definition) is 0. The van der Waals surface area contributed by atoms with E-state index >= 15 is 0 Å². The van der Waals surface area contributed by atoms with Crippen LogP contribution in [0.2, 0.25) is 0 Å². The van der Waals surface area contributed by atoms with Gasteiger partial charge >= 0.3 is 0 Å². The number of fused-ring (bicyclic) bond motifs is 1. The lowest BCUT2D eigenvalue weighted by Crippen LogP contribution is -2.38. The summed E-state index contributed by atoms with van der Waals surface area (Å²) in [5, 5.41) is 4.99. The number of ether oxygens (including phenoxy) is 2. The van der Waals surface area contributed by atoms with Gasteiger partial charge in [0.15, 0.2) is 5.58 Å². The molecule has 6 nitrogen and oxygen atoms in total. The van der Waals surface area contributed by atoms with Gasteiger partial charge in [0.05, 0.1) is 19.6 Å². The number of benzene rings is 2. The molecular formula is C22H24N2O4. The maximum atomic E-state index is 13.2. The Hall–Kier alpha value is -2.86. The molecule has 1 unspecified atom stereocenters. The normalized spacial score (nSPS) is 16.4. The summed E-state index contributed by atoms with van der Waals surface area (Å²) in [6.45, 7) is 1.79. The van der Waals surface area contributed by atoms with Gasteiger partial charge in [0.1, 0.15) is 11.4 Å². The van der Waals surface area contributed by atoms with Crippen molar-refractivity contribution in [3.05, 3.63) is 59.8 Å². The van der Waals surface area contributed by atoms with Gasteiger partial charge in [-0.2, -0.15) is 0 Å². The second-order valence-electron chi connectivity index (χ2n) is 7.02. The lowest BCUT2D eigenvalue weighted by atomic mass is 10.1. The predicted octanol–water partition coefficient (Wildman–Crippen LogP) is 3.59. The molecule has 1 aliphatic heterocycles. The summed E-state index contributed by atoms with van der Waals surface area (Å²) in [6.07, 6.45) is 2.28. The van der Waals surface area contributed by atoms with Crippen LogP contribution in [0.3, 0.4) is 0 Å². The summed E-state index contributed by atoms with van der Waals surface area (Å²) in [4.78, 5) is 15.0. The van der Waals surface area contributed by atoms with Gasteiger partial charge in [-0.05, 0) is 31.0 Å². The average molecular weight is 380 g/mol. The monoisotopic (exact) mass is 380 g/mol. The molecule has 0 N–H and O–H groups in total. The van der Waals surface area contributed by atoms with Gasteiger partial charge in [0.2, 0.25) is 5.91 Å². The van der Waals surface area contributed by atoms with Crippen molar-refractivity contribution in [3.8, 4) is 5.75 Å². The summed E-state index contributed by atoms with van der Waals surface area (Å²) < 4.78 is 16.6. The molecule has 0 radical (unpaired) electrons. The van der Waals surface area contributed by atoms with Gasteiger partial charge in [0, 0.05) is 30.6 Å². The SMILES string of the molecule is COc1ccccc1CN(CC1CCCO1)C(=O)Cc1noc2ccccc12. The standard InChI is InChI=1S/C22H24N2O4/c1-26-20-10-4-2-7-16(20)14-24(15-17-8-6-12-27-17)22(25)13-19-18-9-3-5-11-21(18)28-23-19/h2-5,7,9-11,17H,6,8,12-15H2,1H3. The minimum atomic E-state index is 0.000425. The number of aromatic nitrogens is 1. The highest BCUT2D eigenvalue weighted by atomic mass is 16.5. The molecule has 3 aromatic rings. The Morgan fingerprint density at radius 1 is 1.21 bits per heavy atom. The zero-order valence-electron chi connectivity index (χ0n) is 16.0. The van der Waals surface area contributed by atoms with Crippen molar-refractivity contribution in [2.45, 2.75) is 31.9 Å². The average Bonchev–Trinajstić information content (AvgIpc) is 3.38. The highest BCUT2D eigenvalue weighted by molar-refractivity contribution is 5.86. The van der Waals surface area contributed by atoms with E-state index in [9.17, 15) is 4.79 Å². The minimum absolute atomic E-state index is 0.000425. The van der Waals surface area contributed by atoms with Gasteiger partial charge in [-0.25, -0.2) is 0 Å². The van der Waals surface area contributed by atoms with Crippen molar-refractivity contribution < 1.29 is 18.8 Å². The number of carbonyl (C=O) groups excluding carboxylic acids is 1. The van der Waals surface area contributed by atoms with Crippen LogP contribution in [0.5, 0.6) is 5.75 Å². The molecule has 0 bridgehead atoms. The summed E-state index contributed by atoms with van der Waals surface area (Å²) in [6, 6.07) is 15.4. The van der Waals surface area contributed by atoms with Crippen molar-refractivity contribution >= 4 is 16.9 Å². The van der Waals surface area contributed by atoms with Crippen molar-refractivity contribution in [1.29, 1.82) is 0 Å². The quantitative estimate of drug-likeness (QED) is 0.627. The van der Waals surface area contributed by atoms with E-state index in [1.165, 1.54) is 0 Å². The lowest BCUT2D eigenvalue weighted by molar-refractivity contribution is -0.132. The molecule has 0 spiro atoms. The smallest absolute Gasteiger partial charge is 0.229 e. The molecule has 1 fully saturated rings. The highest BCUT2D eigenvalue weighted by Crippen LogP contribution is 2.23. The van der Waals surface area contributed by atoms with Gasteiger partial charge in [-0.3, -0.25) is 4.79 Å². The number of amides is 1. The van der Waals surface area contributed by atoms with Gasteiger partial charge < -0.3 is 18.9 Å². The number of rotatable bonds is 7. The molecule has 0 aliphatic carbocycles. The maximum Gasteiger partial charge on any atom is 0.229 e. The first-order valence-electron chi connectivity index (χ1n) is 9.59. The van der Waals surface area contributed by atoms with Crippen LogP contribution in [0.1, 0.15) is 24.1 Å². The van der Waals surface area contributed by atoms with E-state index in [0.717, 1.165) is 36.1 Å². The molecule has 1 saturated heterocycles. The number of nitrogens with zero attached hydrogens (tertiary/aromatic N) is 2. The highest BCUT2D eigenvalue weighted by Gasteiger charge is 2.25. The van der Waals surface area contributed by atoms with Crippen LogP contribution in [0.4, 0.5) is 0 Å². The van der Waals surface area contributed by atoms with Crippen LogP contribution in [0.15, 0.2) is 53.1 Å². The fourth-order valence-corrected chi connectivity index (χ4v) is 3.65. The van der Waals surface area contributed by atoms with Crippen molar-refractivity contribution in [1.82, 2.24) is 10.1 Å². The zero-order chi connectivity index (χ0) is 19.3. The summed E-state index contributed by atoms with van der Waals surface area (Å²) in [5.41, 5.74) is 2.33. The van der Waals surface area contributed by atoms with E-state index in [0.29, 0.717) is 24.4 Å². The van der Waals surface area contributed by atoms with E-state index in [-0.39, 0.29) is 18.4 Å². The Labute approximate surface area is 164 Å². The van der Waals surface area contributed by atoms with Crippen LogP contribution < -0.4 is 4.74 Å². The van der Waals surface area contributed by atoms with Crippen LogP contribution in [0.25, 0.3) is 11.0 Å². The van der Waals surface area contributed by atoms with Crippen molar-refractivity contribution in [3.63, 3.8) is 0 Å². The Bertz CT molecular complexity index is 946. The van der Waals surface area contributed by atoms with E-state index in [2.05, 4.69) is 5.16 Å². The molecule has 146 valence electrons. The zero-order valence-corrected chi connectivity index (χ0v) is 16.0. The first kappa shape index (κ1) is 18.5. The molecule has 2 heterocycles. The van der Waals surface area contributed by atoms with Crippen LogP contribution in [0, 0.1) is 0 Å². The van der Waals surface area contributed by atoms with E-state index < -0.39 is 0 Å². The molecule has 4 rings (SSSR count). The maximum absolute atomic E-state index is 13.2. The molecule has 1 amide bonds. The van der Waals surface area contributed by atoms with Crippen LogP contribution in [-0.4, -0.2) is 42.3 Å². The van der Waals surface area contributed by atoms with E-state index in [4.69, 9.17) is 14.0 Å². The molecule has 2 aromatic carbocycles. The molecule has 0 saturated carbocycles. The number of para-hydroxylation sites is 2. The third-order valence-electron chi connectivity index (χ3n) is 5.13. The first-order chi connectivity index (χ1) is 13.7. The minimum Gasteiger partial charge on any atom is -0.496 e. The molecule has 1 atom stereocenters. The number of methoxy groups -OCH3 is 1. The summed E-state index contributed by atoms with van der Waals surface area (Å²) in [7, 11) is 1.65. The number of carbonyl (C=O) groups is 1. The van der Waals surface area contributed by atoms with Crippen LogP contribution in [-0.2, 0) is 22.5 Å². The molecule has 1 aromatic heterocycles. The van der Waals surface area contributed by atoms with E-state index in [1.807, 2.05) is 53.4 Å². The van der Waals surface area contributed by atoms with Gasteiger partial charge in [0.25, 0.3) is 0 Å². The number of hydrogen-bond acceptors (Lipinski definition) is 5. The Kier molecular flexibility index (Phi) is 5.58. The van der Waals surface area contributed by atoms with E-state index in [1.54, 1.807) is 7.11 Å². The fraction of sp³-hybridized carbons (Fsp3) is 0.364. The Balaban J connectivity index is 1.55. The third-order valence-corrected chi connectivity index (χ3v) is 5.13. The van der Waals surface area contributed by atoms with Crippen LogP contribution >= 0.6 is 0 Å². The molecular weight excluding hydrogens is 356 g/mol. The summed E-state index contributed by atoms with van der Waals surface area (Å²) >= 11 is 0. The molecule has 6 heteroatoms. The second kappa shape index (κ2) is 8.44. The second-order valence-corrected chi connectivity index (χ2v) is 7.02. The largest absolute Gasteiger partial charge is 0.496 e. The lowest BCUT2D eigenvalue weighted by Gasteiger charge is -2.26. The predicted molar refractivity (Wildman–Crippen MR) is 105 cm³/mol. The molecule has 28 heavy (non-hydrogen) atoms. The fourth-order valence-electron chi connectivity index (χ4n) is 3.65. The van der Waals surface area contributed by atoms with Gasteiger partial charge in [-0.1, -0.05) is 35.5 Å². The first-order valence-corrected chi connectivity index (χ1v) is 9.59.